The molecule has 0 unspecified atom stereocenters. The van der Waals surface area contributed by atoms with Gasteiger partial charge in [-0.15, -0.1) is 0 Å². The van der Waals surface area contributed by atoms with Crippen LogP contribution in [0, 0.1) is 67.0 Å². The van der Waals surface area contributed by atoms with Crippen LogP contribution in [0.4, 0.5) is 8.78 Å². The minimum atomic E-state index is -0.611. The molecule has 0 saturated heterocycles. The van der Waals surface area contributed by atoms with Gasteiger partial charge in [0.2, 0.25) is 0 Å². The van der Waals surface area contributed by atoms with E-state index in [0.717, 1.165) is 44.5 Å². The van der Waals surface area contributed by atoms with E-state index in [1.54, 1.807) is 61.4 Å². The van der Waals surface area contributed by atoms with Gasteiger partial charge in [-0.2, -0.15) is 0 Å². The monoisotopic (exact) mass is 856 g/mol. The van der Waals surface area contributed by atoms with Gasteiger partial charge < -0.3 is 20.4 Å². The quantitative estimate of drug-likeness (QED) is 0.124. The topological polar surface area (TPSA) is 115 Å². The van der Waals surface area contributed by atoms with Crippen molar-refractivity contribution in [3.8, 4) is 23.0 Å². The largest absolute Gasteiger partial charge is 0.507 e. The number of benzene rings is 6. The van der Waals surface area contributed by atoms with Crippen LogP contribution in [-0.2, 0) is 21.6 Å². The van der Waals surface area contributed by atoms with Crippen molar-refractivity contribution >= 4 is 21.6 Å². The molecule has 0 spiro atoms. The standard InChI is InChI=1S/2C23H23FO2.2C2H6OS/c2*1-13-9-15(3)22(25)18(11-13)21(17-7-5-6-8-20(17)24)19-12-14(2)10-16(4)23(19)26;2*1-4(2)3/h2*5-12,21,25-26H,1-4H3;2*1-2H3. The fourth-order valence-electron chi connectivity index (χ4n) is 7.28. The van der Waals surface area contributed by atoms with E-state index in [2.05, 4.69) is 0 Å². The molecule has 6 rings (SSSR count). The predicted octanol–water partition coefficient (Wildman–Crippen LogP) is 11.3. The van der Waals surface area contributed by atoms with Gasteiger partial charge in [0.05, 0.1) is 0 Å². The highest BCUT2D eigenvalue weighted by Crippen LogP contribution is 2.45. The van der Waals surface area contributed by atoms with Crippen molar-refractivity contribution in [2.45, 2.75) is 67.2 Å². The molecule has 0 saturated carbocycles. The summed E-state index contributed by atoms with van der Waals surface area (Å²) in [5.74, 6) is -1.43. The fourth-order valence-corrected chi connectivity index (χ4v) is 7.28. The summed E-state index contributed by atoms with van der Waals surface area (Å²) >= 11 is 0. The number of phenolic OH excluding ortho intramolecular Hbond substituents is 4. The Bertz CT molecular complexity index is 2200. The number of halogens is 2. The molecular formula is C50H58F2O6S2. The van der Waals surface area contributed by atoms with Crippen molar-refractivity contribution < 1.29 is 37.6 Å². The zero-order valence-electron chi connectivity index (χ0n) is 36.6. The molecule has 0 fully saturated rings. The van der Waals surface area contributed by atoms with Crippen LogP contribution in [0.25, 0.3) is 0 Å². The van der Waals surface area contributed by atoms with E-state index in [0.29, 0.717) is 33.4 Å². The molecule has 6 nitrogen and oxygen atoms in total. The Labute approximate surface area is 359 Å². The molecule has 0 aliphatic carbocycles. The Hall–Kier alpha value is -5.32. The van der Waals surface area contributed by atoms with Crippen molar-refractivity contribution in [1.82, 2.24) is 0 Å². The summed E-state index contributed by atoms with van der Waals surface area (Å²) in [5, 5.41) is 42.9. The Morgan fingerprint density at radius 2 is 0.583 bits per heavy atom. The average molecular weight is 857 g/mol. The molecule has 6 aromatic rings. The summed E-state index contributed by atoms with van der Waals surface area (Å²) in [5.41, 5.74) is 10.0. The lowest BCUT2D eigenvalue weighted by Crippen LogP contribution is -2.08. The molecule has 60 heavy (non-hydrogen) atoms. The second kappa shape index (κ2) is 21.8. The summed E-state index contributed by atoms with van der Waals surface area (Å²) in [4.78, 5) is 0. The Balaban J connectivity index is 0.000000272. The molecule has 0 amide bonds. The molecule has 6 aromatic carbocycles. The SMILES string of the molecule is CS(C)=O.CS(C)=O.Cc1cc(C)c(O)c(C(c2ccccc2F)c2cc(C)cc(C)c2O)c1.Cc1cc(C)c(O)c(C(c2ccccc2F)c2cc(C)cc(C)c2O)c1. The fraction of sp³-hybridized carbons (Fsp3) is 0.280. The maximum absolute atomic E-state index is 14.7. The van der Waals surface area contributed by atoms with E-state index in [9.17, 15) is 37.6 Å². The highest BCUT2D eigenvalue weighted by molar-refractivity contribution is 7.83. The zero-order valence-corrected chi connectivity index (χ0v) is 38.2. The average Bonchev–Trinajstić information content (AvgIpc) is 3.14. The third kappa shape index (κ3) is 12.8. The first kappa shape index (κ1) is 49.0. The van der Waals surface area contributed by atoms with Crippen molar-refractivity contribution in [2.24, 2.45) is 0 Å². The molecule has 320 valence electrons. The van der Waals surface area contributed by atoms with Crippen LogP contribution >= 0.6 is 0 Å². The summed E-state index contributed by atoms with van der Waals surface area (Å²) in [6.45, 7) is 15.1. The summed E-state index contributed by atoms with van der Waals surface area (Å²) in [7, 11) is -1.22. The molecule has 10 heteroatoms. The molecule has 0 bridgehead atoms. The highest BCUT2D eigenvalue weighted by Gasteiger charge is 2.28. The van der Waals surface area contributed by atoms with Crippen molar-refractivity contribution in [3.63, 3.8) is 0 Å². The van der Waals surface area contributed by atoms with Gasteiger partial charge in [0.1, 0.15) is 34.6 Å². The lowest BCUT2D eigenvalue weighted by Gasteiger charge is -2.24. The van der Waals surface area contributed by atoms with Crippen LogP contribution in [0.3, 0.4) is 0 Å². The first-order valence-electron chi connectivity index (χ1n) is 19.2. The van der Waals surface area contributed by atoms with E-state index < -0.39 is 33.4 Å². The minimum Gasteiger partial charge on any atom is -0.507 e. The number of aromatic hydroxyl groups is 4. The highest BCUT2D eigenvalue weighted by atomic mass is 32.2. The van der Waals surface area contributed by atoms with Crippen molar-refractivity contribution in [2.75, 3.05) is 25.0 Å². The van der Waals surface area contributed by atoms with E-state index in [-0.39, 0.29) is 34.6 Å². The maximum atomic E-state index is 14.7. The van der Waals surface area contributed by atoms with E-state index in [1.165, 1.54) is 12.1 Å². The Morgan fingerprint density at radius 1 is 0.383 bits per heavy atom. The third-order valence-electron chi connectivity index (χ3n) is 9.57. The summed E-state index contributed by atoms with van der Waals surface area (Å²) < 4.78 is 48.5. The molecule has 0 aliphatic heterocycles. The molecule has 0 radical (unpaired) electrons. The number of rotatable bonds is 6. The summed E-state index contributed by atoms with van der Waals surface area (Å²) in [6, 6.07) is 28.0. The molecule has 0 aromatic heterocycles. The van der Waals surface area contributed by atoms with Crippen LogP contribution < -0.4 is 0 Å². The predicted molar refractivity (Wildman–Crippen MR) is 245 cm³/mol. The van der Waals surface area contributed by atoms with Gasteiger partial charge in [0, 0.05) is 80.7 Å². The van der Waals surface area contributed by atoms with Crippen LogP contribution in [0.2, 0.25) is 0 Å². The van der Waals surface area contributed by atoms with E-state index >= 15 is 0 Å². The van der Waals surface area contributed by atoms with Crippen molar-refractivity contribution in [1.29, 1.82) is 0 Å². The van der Waals surface area contributed by atoms with Crippen LogP contribution in [0.5, 0.6) is 23.0 Å². The van der Waals surface area contributed by atoms with Gasteiger partial charge in [-0.05, 0) is 101 Å². The number of hydrogen-bond acceptors (Lipinski definition) is 6. The minimum absolute atomic E-state index is 0.127. The van der Waals surface area contributed by atoms with Gasteiger partial charge in [0.25, 0.3) is 0 Å². The number of hydrogen-bond donors (Lipinski definition) is 4. The smallest absolute Gasteiger partial charge is 0.127 e. The zero-order chi connectivity index (χ0) is 45.2. The van der Waals surface area contributed by atoms with Crippen LogP contribution in [0.1, 0.15) is 89.7 Å². The lowest BCUT2D eigenvalue weighted by atomic mass is 9.81. The van der Waals surface area contributed by atoms with Gasteiger partial charge in [-0.1, -0.05) is 107 Å². The normalized spacial score (nSPS) is 10.8. The van der Waals surface area contributed by atoms with Gasteiger partial charge >= 0.3 is 0 Å². The third-order valence-corrected chi connectivity index (χ3v) is 9.57. The molecular weight excluding hydrogens is 799 g/mol. The Kier molecular flexibility index (Phi) is 17.8. The van der Waals surface area contributed by atoms with Gasteiger partial charge in [0.15, 0.2) is 0 Å². The first-order valence-corrected chi connectivity index (χ1v) is 23.2. The molecule has 0 heterocycles. The van der Waals surface area contributed by atoms with E-state index in [4.69, 9.17) is 0 Å². The van der Waals surface area contributed by atoms with Gasteiger partial charge in [-0.3, -0.25) is 8.42 Å². The summed E-state index contributed by atoms with van der Waals surface area (Å²) in [6.07, 6.45) is 6.56. The number of phenols is 4. The maximum Gasteiger partial charge on any atom is 0.127 e. The van der Waals surface area contributed by atoms with Crippen molar-refractivity contribution in [3.05, 3.63) is 187 Å². The second-order valence-corrected chi connectivity index (χ2v) is 18.4. The second-order valence-electron chi connectivity index (χ2n) is 15.5. The molecule has 0 aliphatic rings. The first-order chi connectivity index (χ1) is 28.0. The molecule has 4 N–H and O–H groups in total. The molecule has 0 atom stereocenters. The number of aryl methyl sites for hydroxylation is 8. The Morgan fingerprint density at radius 3 is 0.783 bits per heavy atom. The van der Waals surface area contributed by atoms with Crippen LogP contribution in [0.15, 0.2) is 97.1 Å². The van der Waals surface area contributed by atoms with E-state index in [1.807, 2.05) is 104 Å². The van der Waals surface area contributed by atoms with Gasteiger partial charge in [-0.25, -0.2) is 8.78 Å². The van der Waals surface area contributed by atoms with Crippen LogP contribution in [-0.4, -0.2) is 53.9 Å². The lowest BCUT2D eigenvalue weighted by molar-refractivity contribution is 0.452.